The van der Waals surface area contributed by atoms with E-state index < -0.39 is 0 Å². The number of benzene rings is 1. The van der Waals surface area contributed by atoms with Crippen LogP contribution >= 0.6 is 0 Å². The number of hydrogen-bond donors (Lipinski definition) is 0. The third-order valence-electron chi connectivity index (χ3n) is 2.85. The monoisotopic (exact) mass is 249 g/mol. The summed E-state index contributed by atoms with van der Waals surface area (Å²) in [6, 6.07) is 7.23. The van der Waals surface area contributed by atoms with Crippen LogP contribution in [0.25, 0.3) is 0 Å². The van der Waals surface area contributed by atoms with Gasteiger partial charge in [0, 0.05) is 5.56 Å². The van der Waals surface area contributed by atoms with Crippen molar-refractivity contribution in [2.75, 3.05) is 19.8 Å². The molecule has 0 radical (unpaired) electrons. The molecule has 1 fully saturated rings. The van der Waals surface area contributed by atoms with E-state index in [4.69, 9.17) is 9.57 Å². The zero-order valence-electron chi connectivity index (χ0n) is 10.7. The first-order valence-electron chi connectivity index (χ1n) is 6.49. The summed E-state index contributed by atoms with van der Waals surface area (Å²) in [7, 11) is 0. The molecule has 1 aliphatic rings. The number of hydroxylamine groups is 2. The van der Waals surface area contributed by atoms with Crippen molar-refractivity contribution in [3.05, 3.63) is 29.8 Å². The van der Waals surface area contributed by atoms with Crippen LogP contribution in [-0.4, -0.2) is 30.7 Å². The molecule has 0 bridgehead atoms. The molecule has 1 aliphatic heterocycles. The maximum absolute atomic E-state index is 12.0. The van der Waals surface area contributed by atoms with Gasteiger partial charge in [0.05, 0.1) is 19.8 Å². The second kappa shape index (κ2) is 6.40. The summed E-state index contributed by atoms with van der Waals surface area (Å²) in [6.07, 6.45) is 3.06. The maximum Gasteiger partial charge on any atom is 0.277 e. The van der Waals surface area contributed by atoms with Gasteiger partial charge < -0.3 is 4.74 Å². The van der Waals surface area contributed by atoms with E-state index in [1.54, 1.807) is 12.1 Å². The molecule has 1 saturated heterocycles. The Hall–Kier alpha value is -1.55. The minimum Gasteiger partial charge on any atom is -0.494 e. The number of nitrogens with zero attached hydrogens (tertiary/aromatic N) is 1. The van der Waals surface area contributed by atoms with Crippen molar-refractivity contribution in [2.24, 2.45) is 0 Å². The highest BCUT2D eigenvalue weighted by Crippen LogP contribution is 2.16. The number of rotatable bonds is 5. The van der Waals surface area contributed by atoms with E-state index in [1.807, 2.05) is 12.1 Å². The Morgan fingerprint density at radius 2 is 2.17 bits per heavy atom. The third kappa shape index (κ3) is 3.23. The smallest absolute Gasteiger partial charge is 0.277 e. The van der Waals surface area contributed by atoms with Gasteiger partial charge in [-0.05, 0) is 37.1 Å². The van der Waals surface area contributed by atoms with Gasteiger partial charge >= 0.3 is 0 Å². The largest absolute Gasteiger partial charge is 0.494 e. The van der Waals surface area contributed by atoms with Gasteiger partial charge in [-0.25, -0.2) is 5.06 Å². The highest BCUT2D eigenvalue weighted by atomic mass is 16.7. The fourth-order valence-electron chi connectivity index (χ4n) is 1.78. The van der Waals surface area contributed by atoms with Crippen molar-refractivity contribution in [2.45, 2.75) is 26.2 Å². The van der Waals surface area contributed by atoms with Crippen molar-refractivity contribution in [1.29, 1.82) is 0 Å². The summed E-state index contributed by atoms with van der Waals surface area (Å²) in [6.45, 7) is 4.15. The van der Waals surface area contributed by atoms with Crippen LogP contribution in [-0.2, 0) is 4.84 Å². The average Bonchev–Trinajstić information content (AvgIpc) is 2.93. The predicted molar refractivity (Wildman–Crippen MR) is 68.5 cm³/mol. The zero-order chi connectivity index (χ0) is 12.8. The molecule has 0 atom stereocenters. The summed E-state index contributed by atoms with van der Waals surface area (Å²) in [4.78, 5) is 17.2. The van der Waals surface area contributed by atoms with Gasteiger partial charge in [0.1, 0.15) is 5.75 Å². The molecule has 0 N–H and O–H groups in total. The minimum atomic E-state index is -0.0763. The molecule has 0 spiro atoms. The summed E-state index contributed by atoms with van der Waals surface area (Å²) in [5.41, 5.74) is 0.639. The molecule has 1 aromatic rings. The topological polar surface area (TPSA) is 38.8 Å². The van der Waals surface area contributed by atoms with Gasteiger partial charge in [-0.2, -0.15) is 0 Å². The third-order valence-corrected chi connectivity index (χ3v) is 2.85. The first-order valence-corrected chi connectivity index (χ1v) is 6.49. The summed E-state index contributed by atoms with van der Waals surface area (Å²) in [5.74, 6) is 0.731. The molecule has 0 aliphatic carbocycles. The molecular formula is C14H19NO3. The van der Waals surface area contributed by atoms with Crippen LogP contribution in [0.3, 0.4) is 0 Å². The average molecular weight is 249 g/mol. The molecule has 0 aromatic heterocycles. The lowest BCUT2D eigenvalue weighted by atomic mass is 10.2. The Labute approximate surface area is 107 Å². The van der Waals surface area contributed by atoms with Crippen LogP contribution in [0.4, 0.5) is 0 Å². The van der Waals surface area contributed by atoms with Gasteiger partial charge in [0.15, 0.2) is 0 Å². The summed E-state index contributed by atoms with van der Waals surface area (Å²) < 4.78 is 5.55. The van der Waals surface area contributed by atoms with Crippen LogP contribution in [0.2, 0.25) is 0 Å². The SMILES string of the molecule is CCCCOc1ccc(C(=O)N2CCCO2)cc1. The maximum atomic E-state index is 12.0. The van der Waals surface area contributed by atoms with E-state index in [9.17, 15) is 4.79 Å². The minimum absolute atomic E-state index is 0.0763. The van der Waals surface area contributed by atoms with Crippen LogP contribution in [0.1, 0.15) is 36.5 Å². The molecule has 4 nitrogen and oxygen atoms in total. The van der Waals surface area contributed by atoms with Crippen LogP contribution in [0.15, 0.2) is 24.3 Å². The summed E-state index contributed by atoms with van der Waals surface area (Å²) >= 11 is 0. The second-order valence-corrected chi connectivity index (χ2v) is 4.32. The lowest BCUT2D eigenvalue weighted by molar-refractivity contribution is -0.0768. The predicted octanol–water partition coefficient (Wildman–Crippen LogP) is 2.64. The van der Waals surface area contributed by atoms with E-state index in [0.29, 0.717) is 18.7 Å². The number of hydrogen-bond acceptors (Lipinski definition) is 3. The molecule has 18 heavy (non-hydrogen) atoms. The van der Waals surface area contributed by atoms with Crippen LogP contribution in [0.5, 0.6) is 5.75 Å². The van der Waals surface area contributed by atoms with E-state index in [1.165, 1.54) is 5.06 Å². The Bertz CT molecular complexity index is 383. The fourth-order valence-corrected chi connectivity index (χ4v) is 1.78. The molecule has 2 rings (SSSR count). The highest BCUT2D eigenvalue weighted by Gasteiger charge is 2.20. The molecule has 1 heterocycles. The Morgan fingerprint density at radius 1 is 1.39 bits per heavy atom. The first kappa shape index (κ1) is 12.9. The molecule has 4 heteroatoms. The second-order valence-electron chi connectivity index (χ2n) is 4.32. The van der Waals surface area contributed by atoms with Crippen LogP contribution < -0.4 is 4.74 Å². The molecule has 98 valence electrons. The van der Waals surface area contributed by atoms with Crippen molar-refractivity contribution in [3.63, 3.8) is 0 Å². The summed E-state index contributed by atoms with van der Waals surface area (Å²) in [5, 5.41) is 1.42. The van der Waals surface area contributed by atoms with E-state index >= 15 is 0 Å². The molecule has 1 amide bonds. The number of amides is 1. The number of carbonyl (C=O) groups excluding carboxylic acids is 1. The van der Waals surface area contributed by atoms with Crippen molar-refractivity contribution >= 4 is 5.91 Å². The zero-order valence-corrected chi connectivity index (χ0v) is 10.7. The first-order chi connectivity index (χ1) is 8.81. The van der Waals surface area contributed by atoms with E-state index in [0.717, 1.165) is 31.6 Å². The van der Waals surface area contributed by atoms with Gasteiger partial charge in [-0.1, -0.05) is 13.3 Å². The van der Waals surface area contributed by atoms with Gasteiger partial charge in [-0.3, -0.25) is 9.63 Å². The Balaban J connectivity index is 1.92. The fraction of sp³-hybridized carbons (Fsp3) is 0.500. The van der Waals surface area contributed by atoms with E-state index in [-0.39, 0.29) is 5.91 Å². The molecule has 0 unspecified atom stereocenters. The lowest BCUT2D eigenvalue weighted by Gasteiger charge is -2.14. The number of carbonyl (C=O) groups is 1. The van der Waals surface area contributed by atoms with Gasteiger partial charge in [0.25, 0.3) is 5.91 Å². The highest BCUT2D eigenvalue weighted by molar-refractivity contribution is 5.93. The Morgan fingerprint density at radius 3 is 2.78 bits per heavy atom. The number of ether oxygens (including phenoxy) is 1. The standard InChI is InChI=1S/C14H19NO3/c1-2-3-10-17-13-7-5-12(6-8-13)14(16)15-9-4-11-18-15/h5-8H,2-4,9-11H2,1H3. The van der Waals surface area contributed by atoms with E-state index in [2.05, 4.69) is 6.92 Å². The van der Waals surface area contributed by atoms with Gasteiger partial charge in [0.2, 0.25) is 0 Å². The lowest BCUT2D eigenvalue weighted by Crippen LogP contribution is -2.26. The van der Waals surface area contributed by atoms with Crippen molar-refractivity contribution in [3.8, 4) is 5.75 Å². The quantitative estimate of drug-likeness (QED) is 0.753. The molecular weight excluding hydrogens is 230 g/mol. The van der Waals surface area contributed by atoms with Gasteiger partial charge in [-0.15, -0.1) is 0 Å². The van der Waals surface area contributed by atoms with Crippen molar-refractivity contribution < 1.29 is 14.4 Å². The van der Waals surface area contributed by atoms with Crippen LogP contribution in [0, 0.1) is 0 Å². The van der Waals surface area contributed by atoms with Crippen molar-refractivity contribution in [1.82, 2.24) is 5.06 Å². The molecule has 1 aromatic carbocycles. The Kier molecular flexibility index (Phi) is 4.59. The normalized spacial score (nSPS) is 14.8. The number of unbranched alkanes of at least 4 members (excludes halogenated alkanes) is 1. The molecule has 0 saturated carbocycles.